The van der Waals surface area contributed by atoms with Gasteiger partial charge in [0.1, 0.15) is 11.4 Å². The molecule has 2 aromatic heterocycles. The molecule has 0 spiro atoms. The van der Waals surface area contributed by atoms with Crippen LogP contribution in [-0.4, -0.2) is 22.6 Å². The molecule has 0 radical (unpaired) electrons. The molecule has 136 valence electrons. The lowest BCUT2D eigenvalue weighted by Crippen LogP contribution is -2.00. The van der Waals surface area contributed by atoms with Crippen molar-refractivity contribution in [3.8, 4) is 6.07 Å². The summed E-state index contributed by atoms with van der Waals surface area (Å²) in [6, 6.07) is 9.95. The van der Waals surface area contributed by atoms with Gasteiger partial charge in [-0.05, 0) is 45.4 Å². The molecule has 8 heteroatoms. The number of allylic oxidation sites excluding steroid dienone is 2. The van der Waals surface area contributed by atoms with E-state index in [-0.39, 0.29) is 18.5 Å². The molecule has 0 saturated heterocycles. The maximum atomic E-state index is 13.1. The standard InChI is InChI=1S/C18H20N3O3PS/c1-5-23-25(22,24-6-2)16(11-19)12(3)17-13(4)21-15-10-8-7-9-14(15)20-18(21)26-17/h7-10H,5-6H2,1-4H3/b16-12+. The summed E-state index contributed by atoms with van der Waals surface area (Å²) in [5.41, 5.74) is 3.48. The molecule has 3 rings (SSSR count). The number of nitriles is 1. The van der Waals surface area contributed by atoms with Gasteiger partial charge in [0, 0.05) is 5.69 Å². The summed E-state index contributed by atoms with van der Waals surface area (Å²) < 4.78 is 25.9. The topological polar surface area (TPSA) is 76.6 Å². The Morgan fingerprint density at radius 3 is 2.58 bits per heavy atom. The number of benzene rings is 1. The van der Waals surface area contributed by atoms with Crippen LogP contribution in [0.3, 0.4) is 0 Å². The summed E-state index contributed by atoms with van der Waals surface area (Å²) in [6.45, 7) is 7.61. The zero-order valence-corrected chi connectivity index (χ0v) is 16.9. The average Bonchev–Trinajstić information content (AvgIpc) is 3.12. The minimum atomic E-state index is -3.65. The number of rotatable bonds is 6. The third-order valence-corrected chi connectivity index (χ3v) is 7.50. The highest BCUT2D eigenvalue weighted by Crippen LogP contribution is 2.58. The number of aryl methyl sites for hydroxylation is 1. The van der Waals surface area contributed by atoms with Crippen molar-refractivity contribution < 1.29 is 13.6 Å². The Hall–Kier alpha value is -1.97. The predicted octanol–water partition coefficient (Wildman–Crippen LogP) is 5.38. The summed E-state index contributed by atoms with van der Waals surface area (Å²) in [5.74, 6) is 0. The van der Waals surface area contributed by atoms with Gasteiger partial charge in [-0.1, -0.05) is 23.5 Å². The highest BCUT2D eigenvalue weighted by molar-refractivity contribution is 7.59. The van der Waals surface area contributed by atoms with Gasteiger partial charge in [-0.25, -0.2) is 4.98 Å². The largest absolute Gasteiger partial charge is 0.372 e. The molecule has 0 atom stereocenters. The van der Waals surface area contributed by atoms with Crippen molar-refractivity contribution in [3.63, 3.8) is 0 Å². The Morgan fingerprint density at radius 2 is 1.96 bits per heavy atom. The first-order valence-electron chi connectivity index (χ1n) is 8.34. The van der Waals surface area contributed by atoms with Crippen LogP contribution in [0.15, 0.2) is 29.6 Å². The third-order valence-electron chi connectivity index (χ3n) is 4.06. The maximum Gasteiger partial charge on any atom is 0.372 e. The van der Waals surface area contributed by atoms with E-state index in [2.05, 4.69) is 15.5 Å². The van der Waals surface area contributed by atoms with Crippen LogP contribution in [0.2, 0.25) is 0 Å². The quantitative estimate of drug-likeness (QED) is 0.418. The van der Waals surface area contributed by atoms with Crippen molar-refractivity contribution in [2.24, 2.45) is 0 Å². The molecule has 2 heterocycles. The van der Waals surface area contributed by atoms with Gasteiger partial charge in [-0.3, -0.25) is 8.97 Å². The van der Waals surface area contributed by atoms with Gasteiger partial charge < -0.3 is 9.05 Å². The molecular weight excluding hydrogens is 369 g/mol. The maximum absolute atomic E-state index is 13.1. The second-order valence-electron chi connectivity index (χ2n) is 5.65. The molecule has 0 aliphatic carbocycles. The first-order valence-corrected chi connectivity index (χ1v) is 10.7. The van der Waals surface area contributed by atoms with E-state index < -0.39 is 7.60 Å². The molecule has 0 unspecified atom stereocenters. The Balaban J connectivity index is 2.23. The van der Waals surface area contributed by atoms with E-state index >= 15 is 0 Å². The van der Waals surface area contributed by atoms with Gasteiger partial charge >= 0.3 is 7.60 Å². The summed E-state index contributed by atoms with van der Waals surface area (Å²) in [5, 5.41) is 9.73. The van der Waals surface area contributed by atoms with E-state index in [0.29, 0.717) is 5.57 Å². The van der Waals surface area contributed by atoms with E-state index in [1.165, 1.54) is 11.3 Å². The average molecular weight is 389 g/mol. The molecule has 0 N–H and O–H groups in total. The number of nitrogens with zero attached hydrogens (tertiary/aromatic N) is 3. The van der Waals surface area contributed by atoms with Crippen molar-refractivity contribution in [2.45, 2.75) is 27.7 Å². The Morgan fingerprint density at radius 1 is 1.31 bits per heavy atom. The van der Waals surface area contributed by atoms with Crippen LogP contribution in [0.25, 0.3) is 21.6 Å². The molecule has 0 aliphatic heterocycles. The summed E-state index contributed by atoms with van der Waals surface area (Å²) in [4.78, 5) is 6.33. The summed E-state index contributed by atoms with van der Waals surface area (Å²) in [7, 11) is -3.65. The molecule has 26 heavy (non-hydrogen) atoms. The van der Waals surface area contributed by atoms with Gasteiger partial charge in [0.05, 0.1) is 29.1 Å². The van der Waals surface area contributed by atoms with Crippen LogP contribution in [0.5, 0.6) is 0 Å². The number of aromatic nitrogens is 2. The zero-order chi connectivity index (χ0) is 18.9. The van der Waals surface area contributed by atoms with Crippen molar-refractivity contribution >= 4 is 40.5 Å². The van der Waals surface area contributed by atoms with Crippen molar-refractivity contribution in [1.29, 1.82) is 5.26 Å². The van der Waals surface area contributed by atoms with Gasteiger partial charge in [0.2, 0.25) is 0 Å². The van der Waals surface area contributed by atoms with E-state index in [0.717, 1.165) is 26.6 Å². The lowest BCUT2D eigenvalue weighted by molar-refractivity contribution is 0.227. The van der Waals surface area contributed by atoms with Crippen LogP contribution in [-0.2, 0) is 13.6 Å². The van der Waals surface area contributed by atoms with Crippen molar-refractivity contribution in [1.82, 2.24) is 9.38 Å². The first-order chi connectivity index (χ1) is 12.5. The fourth-order valence-corrected chi connectivity index (χ4v) is 5.86. The molecular formula is C18H20N3O3PS. The second kappa shape index (κ2) is 7.34. The van der Waals surface area contributed by atoms with Gasteiger partial charge in [0.15, 0.2) is 4.96 Å². The minimum Gasteiger partial charge on any atom is -0.305 e. The van der Waals surface area contributed by atoms with Crippen LogP contribution in [0.4, 0.5) is 0 Å². The third kappa shape index (κ3) is 3.00. The number of thiazole rings is 1. The lowest BCUT2D eigenvalue weighted by Gasteiger charge is -2.17. The molecule has 0 aliphatic rings. The minimum absolute atomic E-state index is 0.0538. The number of para-hydroxylation sites is 2. The number of imidazole rings is 1. The Kier molecular flexibility index (Phi) is 5.31. The summed E-state index contributed by atoms with van der Waals surface area (Å²) >= 11 is 1.46. The van der Waals surface area contributed by atoms with Crippen LogP contribution < -0.4 is 0 Å². The van der Waals surface area contributed by atoms with Gasteiger partial charge in [-0.2, -0.15) is 5.26 Å². The van der Waals surface area contributed by atoms with Crippen LogP contribution >= 0.6 is 18.9 Å². The molecule has 0 saturated carbocycles. The molecule has 0 bridgehead atoms. The van der Waals surface area contributed by atoms with Crippen LogP contribution in [0, 0.1) is 18.3 Å². The van der Waals surface area contributed by atoms with Crippen molar-refractivity contribution in [2.75, 3.05) is 13.2 Å². The highest BCUT2D eigenvalue weighted by atomic mass is 32.1. The fraction of sp³-hybridized carbons (Fsp3) is 0.333. The zero-order valence-electron chi connectivity index (χ0n) is 15.1. The van der Waals surface area contributed by atoms with E-state index in [4.69, 9.17) is 9.05 Å². The molecule has 1 aromatic carbocycles. The number of hydrogen-bond donors (Lipinski definition) is 0. The predicted molar refractivity (Wildman–Crippen MR) is 104 cm³/mol. The SMILES string of the molecule is CCOP(=O)(OCC)/C(C#N)=C(\C)c1sc2nc3ccccc3n2c1C. The number of hydrogen-bond acceptors (Lipinski definition) is 6. The van der Waals surface area contributed by atoms with Gasteiger partial charge in [-0.15, -0.1) is 0 Å². The molecule has 6 nitrogen and oxygen atoms in total. The molecule has 3 aromatic rings. The monoisotopic (exact) mass is 389 g/mol. The van der Waals surface area contributed by atoms with E-state index in [1.54, 1.807) is 20.8 Å². The summed E-state index contributed by atoms with van der Waals surface area (Å²) in [6.07, 6.45) is 0. The first kappa shape index (κ1) is 18.8. The van der Waals surface area contributed by atoms with E-state index in [1.807, 2.05) is 31.2 Å². The highest BCUT2D eigenvalue weighted by Gasteiger charge is 2.33. The Bertz CT molecular complexity index is 1080. The smallest absolute Gasteiger partial charge is 0.305 e. The van der Waals surface area contributed by atoms with E-state index in [9.17, 15) is 9.83 Å². The lowest BCUT2D eigenvalue weighted by atomic mass is 10.2. The second-order valence-corrected chi connectivity index (χ2v) is 8.59. The van der Waals surface area contributed by atoms with Crippen LogP contribution in [0.1, 0.15) is 31.3 Å². The fourth-order valence-electron chi connectivity index (χ4n) is 2.98. The molecule has 0 amide bonds. The van der Waals surface area contributed by atoms with Crippen molar-refractivity contribution in [3.05, 3.63) is 40.2 Å². The Labute approximate surface area is 156 Å². The number of fused-ring (bicyclic) bond motifs is 3. The van der Waals surface area contributed by atoms with Gasteiger partial charge in [0.25, 0.3) is 0 Å². The molecule has 0 fully saturated rings. The normalized spacial score (nSPS) is 13.2.